The number of benzene rings is 2. The number of aromatic amines is 1. The summed E-state index contributed by atoms with van der Waals surface area (Å²) in [6, 6.07) is 12.2. The Morgan fingerprint density at radius 3 is 2.96 bits per heavy atom. The number of aromatic nitrogens is 2. The van der Waals surface area contributed by atoms with E-state index in [4.69, 9.17) is 9.47 Å². The van der Waals surface area contributed by atoms with E-state index in [2.05, 4.69) is 9.97 Å². The van der Waals surface area contributed by atoms with Gasteiger partial charge in [-0.3, -0.25) is 10.1 Å². The van der Waals surface area contributed by atoms with Crippen molar-refractivity contribution in [2.45, 2.75) is 11.3 Å². The maximum Gasteiger partial charge on any atom is 0.271 e. The number of rotatable bonds is 4. The number of fused-ring (bicyclic) bond motifs is 2. The molecule has 3 aromatic rings. The van der Waals surface area contributed by atoms with Gasteiger partial charge >= 0.3 is 0 Å². The molecule has 0 saturated carbocycles. The van der Waals surface area contributed by atoms with E-state index in [1.54, 1.807) is 6.07 Å². The van der Waals surface area contributed by atoms with E-state index in [1.807, 2.05) is 24.3 Å². The summed E-state index contributed by atoms with van der Waals surface area (Å²) in [6.07, 6.45) is -0.0764. The highest BCUT2D eigenvalue weighted by Gasteiger charge is 2.21. The maximum atomic E-state index is 10.8. The normalized spacial score (nSPS) is 16.2. The predicted octanol–water partition coefficient (Wildman–Crippen LogP) is 3.40. The van der Waals surface area contributed by atoms with Gasteiger partial charge in [0.1, 0.15) is 12.7 Å². The first-order chi connectivity index (χ1) is 11.7. The molecule has 0 aliphatic carbocycles. The standard InChI is InChI=1S/C16H13N3O4S/c20-19(21)10-5-6-12-13(7-10)18-16(17-12)24-9-11-8-22-14-3-1-2-4-15(14)23-11/h1-7,11H,8-9H2,(H,17,18)/t11-/m0/s1. The smallest absolute Gasteiger partial charge is 0.271 e. The number of hydrogen-bond acceptors (Lipinski definition) is 6. The van der Waals surface area contributed by atoms with E-state index in [0.717, 1.165) is 11.5 Å². The van der Waals surface area contributed by atoms with Crippen LogP contribution in [0.3, 0.4) is 0 Å². The molecule has 1 aromatic heterocycles. The van der Waals surface area contributed by atoms with Crippen LogP contribution in [0.2, 0.25) is 0 Å². The molecule has 24 heavy (non-hydrogen) atoms. The van der Waals surface area contributed by atoms with E-state index < -0.39 is 4.92 Å². The summed E-state index contributed by atoms with van der Waals surface area (Å²) in [4.78, 5) is 17.9. The van der Waals surface area contributed by atoms with Crippen LogP contribution in [0.1, 0.15) is 0 Å². The molecular weight excluding hydrogens is 330 g/mol. The van der Waals surface area contributed by atoms with Gasteiger partial charge in [0.2, 0.25) is 0 Å². The maximum absolute atomic E-state index is 10.8. The van der Waals surface area contributed by atoms with Crippen molar-refractivity contribution in [1.82, 2.24) is 9.97 Å². The van der Waals surface area contributed by atoms with Crippen molar-refractivity contribution in [3.8, 4) is 11.5 Å². The van der Waals surface area contributed by atoms with Crippen molar-refractivity contribution in [3.05, 3.63) is 52.6 Å². The minimum absolute atomic E-state index is 0.0447. The molecule has 7 nitrogen and oxygen atoms in total. The summed E-state index contributed by atoms with van der Waals surface area (Å²) in [5.41, 5.74) is 1.40. The molecule has 0 bridgehead atoms. The van der Waals surface area contributed by atoms with E-state index in [9.17, 15) is 10.1 Å². The van der Waals surface area contributed by atoms with Crippen LogP contribution in [0.4, 0.5) is 5.69 Å². The van der Waals surface area contributed by atoms with Gasteiger partial charge in [0.15, 0.2) is 16.7 Å². The predicted molar refractivity (Wildman–Crippen MR) is 89.8 cm³/mol. The Morgan fingerprint density at radius 1 is 1.29 bits per heavy atom. The first-order valence-corrected chi connectivity index (χ1v) is 8.33. The SMILES string of the molecule is O=[N+]([O-])c1ccc2nc(SC[C@@H]3COc4ccccc4O3)[nH]c2c1. The fourth-order valence-electron chi connectivity index (χ4n) is 2.47. The quantitative estimate of drug-likeness (QED) is 0.443. The molecule has 0 radical (unpaired) electrons. The lowest BCUT2D eigenvalue weighted by Gasteiger charge is -2.25. The average molecular weight is 343 g/mol. The molecule has 4 rings (SSSR count). The number of nitro benzene ring substituents is 1. The van der Waals surface area contributed by atoms with Crippen molar-refractivity contribution >= 4 is 28.5 Å². The molecule has 0 amide bonds. The molecule has 8 heteroatoms. The van der Waals surface area contributed by atoms with Crippen LogP contribution >= 0.6 is 11.8 Å². The molecule has 2 heterocycles. The zero-order chi connectivity index (χ0) is 16.5. The van der Waals surface area contributed by atoms with Gasteiger partial charge in [0.25, 0.3) is 5.69 Å². The Bertz CT molecular complexity index is 911. The van der Waals surface area contributed by atoms with Gasteiger partial charge in [0, 0.05) is 17.9 Å². The zero-order valence-corrected chi connectivity index (χ0v) is 13.3. The first kappa shape index (κ1) is 14.8. The summed E-state index contributed by atoms with van der Waals surface area (Å²) >= 11 is 1.50. The summed E-state index contributed by atoms with van der Waals surface area (Å²) in [7, 11) is 0. The van der Waals surface area contributed by atoms with Crippen LogP contribution in [0.15, 0.2) is 47.6 Å². The van der Waals surface area contributed by atoms with Crippen molar-refractivity contribution in [3.63, 3.8) is 0 Å². The minimum atomic E-state index is -0.419. The number of nitrogens with zero attached hydrogens (tertiary/aromatic N) is 2. The van der Waals surface area contributed by atoms with Crippen molar-refractivity contribution in [2.24, 2.45) is 0 Å². The minimum Gasteiger partial charge on any atom is -0.486 e. The molecular formula is C16H13N3O4S. The fraction of sp³-hybridized carbons (Fsp3) is 0.188. The number of nitrogens with one attached hydrogen (secondary N) is 1. The molecule has 0 saturated heterocycles. The van der Waals surface area contributed by atoms with Crippen LogP contribution in [0, 0.1) is 10.1 Å². The van der Waals surface area contributed by atoms with Gasteiger partial charge in [-0.1, -0.05) is 23.9 Å². The Morgan fingerprint density at radius 2 is 2.12 bits per heavy atom. The number of hydrogen-bond donors (Lipinski definition) is 1. The van der Waals surface area contributed by atoms with Crippen LogP contribution in [-0.2, 0) is 0 Å². The number of nitro groups is 1. The van der Waals surface area contributed by atoms with Crippen LogP contribution in [0.25, 0.3) is 11.0 Å². The molecule has 1 N–H and O–H groups in total. The van der Waals surface area contributed by atoms with Gasteiger partial charge in [0.05, 0.1) is 16.0 Å². The van der Waals surface area contributed by atoms with Crippen molar-refractivity contribution in [2.75, 3.05) is 12.4 Å². The Balaban J connectivity index is 1.45. The van der Waals surface area contributed by atoms with Gasteiger partial charge < -0.3 is 14.5 Å². The van der Waals surface area contributed by atoms with Crippen molar-refractivity contribution < 1.29 is 14.4 Å². The lowest BCUT2D eigenvalue weighted by atomic mass is 10.3. The summed E-state index contributed by atoms with van der Waals surface area (Å²) in [6.45, 7) is 0.482. The number of non-ortho nitro benzene ring substituents is 1. The van der Waals surface area contributed by atoms with Gasteiger partial charge in [-0.25, -0.2) is 4.98 Å². The number of H-pyrrole nitrogens is 1. The highest BCUT2D eigenvalue weighted by Crippen LogP contribution is 2.32. The fourth-order valence-corrected chi connectivity index (χ4v) is 3.33. The van der Waals surface area contributed by atoms with Crippen LogP contribution < -0.4 is 9.47 Å². The lowest BCUT2D eigenvalue weighted by Crippen LogP contribution is -2.31. The summed E-state index contributed by atoms with van der Waals surface area (Å²) in [5.74, 6) is 2.17. The number of ether oxygens (including phenoxy) is 2. The van der Waals surface area contributed by atoms with E-state index in [1.165, 1.54) is 23.9 Å². The molecule has 0 unspecified atom stereocenters. The van der Waals surface area contributed by atoms with Gasteiger partial charge in [-0.2, -0.15) is 0 Å². The largest absolute Gasteiger partial charge is 0.486 e. The molecule has 1 aliphatic heterocycles. The highest BCUT2D eigenvalue weighted by molar-refractivity contribution is 7.99. The van der Waals surface area contributed by atoms with Crippen LogP contribution in [-0.4, -0.2) is 33.4 Å². The molecule has 122 valence electrons. The zero-order valence-electron chi connectivity index (χ0n) is 12.5. The van der Waals surface area contributed by atoms with E-state index in [-0.39, 0.29) is 11.8 Å². The summed E-state index contributed by atoms with van der Waals surface area (Å²) < 4.78 is 11.6. The second kappa shape index (κ2) is 6.04. The molecule has 2 aromatic carbocycles. The third-order valence-corrected chi connectivity index (χ3v) is 4.63. The van der Waals surface area contributed by atoms with E-state index in [0.29, 0.717) is 28.5 Å². The third-order valence-electron chi connectivity index (χ3n) is 3.63. The molecule has 1 aliphatic rings. The number of thioether (sulfide) groups is 1. The number of para-hydroxylation sites is 2. The van der Waals surface area contributed by atoms with E-state index >= 15 is 0 Å². The second-order valence-electron chi connectivity index (χ2n) is 5.31. The average Bonchev–Trinajstić information content (AvgIpc) is 3.01. The first-order valence-electron chi connectivity index (χ1n) is 7.34. The Labute approximate surface area is 141 Å². The molecule has 0 spiro atoms. The number of imidazole rings is 1. The highest BCUT2D eigenvalue weighted by atomic mass is 32.2. The third kappa shape index (κ3) is 2.88. The van der Waals surface area contributed by atoms with Crippen LogP contribution in [0.5, 0.6) is 11.5 Å². The Hall–Kier alpha value is -2.74. The lowest BCUT2D eigenvalue weighted by molar-refractivity contribution is -0.384. The van der Waals surface area contributed by atoms with Gasteiger partial charge in [-0.05, 0) is 18.2 Å². The van der Waals surface area contributed by atoms with Gasteiger partial charge in [-0.15, -0.1) is 0 Å². The Kier molecular flexibility index (Phi) is 3.73. The topological polar surface area (TPSA) is 90.3 Å². The molecule has 1 atom stereocenters. The summed E-state index contributed by atoms with van der Waals surface area (Å²) in [5, 5.41) is 11.5. The second-order valence-corrected chi connectivity index (χ2v) is 6.32. The molecule has 0 fully saturated rings. The monoisotopic (exact) mass is 343 g/mol. The van der Waals surface area contributed by atoms with Crippen molar-refractivity contribution in [1.29, 1.82) is 0 Å².